The zero-order chi connectivity index (χ0) is 31.2. The lowest BCUT2D eigenvalue weighted by atomic mass is 10.0. The number of hydrogen-bond donors (Lipinski definition) is 2. The molecular formula is C33H33N7O5. The number of amides is 4. The number of nitrogens with zero attached hydrogens (tertiary/aromatic N) is 5. The van der Waals surface area contributed by atoms with Gasteiger partial charge in [-0.15, -0.1) is 0 Å². The van der Waals surface area contributed by atoms with Gasteiger partial charge in [0.25, 0.3) is 5.91 Å². The van der Waals surface area contributed by atoms with Crippen molar-refractivity contribution < 1.29 is 23.7 Å². The first-order valence-electron chi connectivity index (χ1n) is 15.2. The molecule has 230 valence electrons. The highest BCUT2D eigenvalue weighted by Gasteiger charge is 2.42. The van der Waals surface area contributed by atoms with Gasteiger partial charge in [0.1, 0.15) is 11.7 Å². The summed E-state index contributed by atoms with van der Waals surface area (Å²) >= 11 is 0. The largest absolute Gasteiger partial charge is 0.380 e. The average Bonchev–Trinajstić information content (AvgIpc) is 3.74. The molecule has 12 nitrogen and oxygen atoms in total. The van der Waals surface area contributed by atoms with Gasteiger partial charge in [0, 0.05) is 60.1 Å². The third-order valence-corrected chi connectivity index (χ3v) is 9.04. The van der Waals surface area contributed by atoms with Crippen molar-refractivity contribution in [3.05, 3.63) is 83.3 Å². The highest BCUT2D eigenvalue weighted by molar-refractivity contribution is 6.15. The van der Waals surface area contributed by atoms with Crippen molar-refractivity contribution in [3.63, 3.8) is 0 Å². The molecule has 1 unspecified atom stereocenters. The van der Waals surface area contributed by atoms with Gasteiger partial charge in [0.2, 0.25) is 17.7 Å². The molecular weight excluding hydrogens is 574 g/mol. The summed E-state index contributed by atoms with van der Waals surface area (Å²) in [5, 5.41) is 15.3. The van der Waals surface area contributed by atoms with Crippen molar-refractivity contribution in [2.24, 2.45) is 0 Å². The molecule has 0 radical (unpaired) electrons. The maximum absolute atomic E-state index is 13.5. The number of carbonyl (C=O) groups excluding carboxylic acids is 4. The van der Waals surface area contributed by atoms with E-state index in [4.69, 9.17) is 4.52 Å². The van der Waals surface area contributed by atoms with Gasteiger partial charge >= 0.3 is 0 Å². The molecule has 2 fully saturated rings. The maximum atomic E-state index is 13.5. The Labute approximate surface area is 259 Å². The monoisotopic (exact) mass is 607 g/mol. The second-order valence-corrected chi connectivity index (χ2v) is 11.9. The van der Waals surface area contributed by atoms with Crippen molar-refractivity contribution in [1.82, 2.24) is 30.1 Å². The number of likely N-dealkylation sites (tertiary alicyclic amines) is 1. The molecule has 7 rings (SSSR count). The highest BCUT2D eigenvalue weighted by atomic mass is 16.5. The molecule has 2 aromatic heterocycles. The van der Waals surface area contributed by atoms with Crippen molar-refractivity contribution in [2.45, 2.75) is 57.7 Å². The fourth-order valence-electron chi connectivity index (χ4n) is 6.58. The fraction of sp³-hybridized carbons (Fsp3) is 0.333. The van der Waals surface area contributed by atoms with Crippen molar-refractivity contribution in [1.29, 1.82) is 0 Å². The van der Waals surface area contributed by atoms with Crippen LogP contribution in [0.5, 0.6) is 0 Å². The Balaban J connectivity index is 0.960. The topological polar surface area (TPSA) is 143 Å². The molecule has 2 aromatic carbocycles. The Bertz CT molecular complexity index is 1870. The number of aromatic nitrogens is 3. The third kappa shape index (κ3) is 5.15. The summed E-state index contributed by atoms with van der Waals surface area (Å²) in [7, 11) is 0. The quantitative estimate of drug-likeness (QED) is 0.304. The van der Waals surface area contributed by atoms with Crippen LogP contribution in [-0.4, -0.2) is 67.5 Å². The summed E-state index contributed by atoms with van der Waals surface area (Å²) in [4.78, 5) is 54.0. The van der Waals surface area contributed by atoms with Crippen LogP contribution >= 0.6 is 0 Å². The Kier molecular flexibility index (Phi) is 7.19. The van der Waals surface area contributed by atoms with E-state index < -0.39 is 11.9 Å². The number of imide groups is 1. The molecule has 12 heteroatoms. The SMILES string of the molecule is C=C1c2cccc(NCc3cnn(C4CCN(C(=O)Cc5noc6c(C)cccc56)CC4)c3)c2C(=O)N1C1CCC(=O)NC1=O. The molecule has 0 bridgehead atoms. The van der Waals surface area contributed by atoms with E-state index in [0.717, 1.165) is 34.9 Å². The Morgan fingerprint density at radius 1 is 1.11 bits per heavy atom. The molecule has 0 aliphatic carbocycles. The van der Waals surface area contributed by atoms with E-state index in [1.807, 2.05) is 65.3 Å². The first kappa shape index (κ1) is 28.5. The number of rotatable bonds is 7. The smallest absolute Gasteiger partial charge is 0.261 e. The van der Waals surface area contributed by atoms with Crippen molar-refractivity contribution >= 4 is 46.0 Å². The van der Waals surface area contributed by atoms with E-state index in [-0.39, 0.29) is 43.0 Å². The normalized spacial score (nSPS) is 18.9. The van der Waals surface area contributed by atoms with Crippen LogP contribution in [0.25, 0.3) is 16.7 Å². The van der Waals surface area contributed by atoms with Gasteiger partial charge in [-0.05, 0) is 43.9 Å². The minimum atomic E-state index is -0.769. The van der Waals surface area contributed by atoms with Gasteiger partial charge in [-0.1, -0.05) is 36.0 Å². The van der Waals surface area contributed by atoms with Gasteiger partial charge in [-0.3, -0.25) is 34.1 Å². The number of nitrogens with one attached hydrogen (secondary N) is 2. The van der Waals surface area contributed by atoms with Gasteiger partial charge < -0.3 is 14.7 Å². The van der Waals surface area contributed by atoms with E-state index in [2.05, 4.69) is 27.5 Å². The van der Waals surface area contributed by atoms with Crippen molar-refractivity contribution in [3.8, 4) is 0 Å². The van der Waals surface area contributed by atoms with Crippen LogP contribution in [-0.2, 0) is 27.3 Å². The van der Waals surface area contributed by atoms with Crippen LogP contribution in [0, 0.1) is 6.92 Å². The molecule has 0 saturated carbocycles. The van der Waals surface area contributed by atoms with E-state index >= 15 is 0 Å². The fourth-order valence-corrected chi connectivity index (χ4v) is 6.58. The average molecular weight is 608 g/mol. The zero-order valence-corrected chi connectivity index (χ0v) is 24.9. The van der Waals surface area contributed by atoms with Gasteiger partial charge in [0.15, 0.2) is 5.58 Å². The number of fused-ring (bicyclic) bond motifs is 2. The molecule has 5 heterocycles. The van der Waals surface area contributed by atoms with Crippen LogP contribution in [0.1, 0.15) is 64.5 Å². The standard InChI is InChI=1S/C33H33N7O5/c1-19-5-3-7-24-26(37-45-31(19)24)15-29(42)38-13-11-22(12-14-38)39-18-21(17-35-39)16-34-25-8-4-6-23-20(2)40(33(44)30(23)25)27-9-10-28(41)36-32(27)43/h3-8,17-18,22,27,34H,2,9-16H2,1H3,(H,36,41,43). The number of piperidine rings is 2. The predicted octanol–water partition coefficient (Wildman–Crippen LogP) is 3.58. The Hall–Kier alpha value is -5.26. The minimum Gasteiger partial charge on any atom is -0.380 e. The Morgan fingerprint density at radius 3 is 2.71 bits per heavy atom. The zero-order valence-electron chi connectivity index (χ0n) is 24.9. The second kappa shape index (κ2) is 11.3. The van der Waals surface area contributed by atoms with E-state index in [0.29, 0.717) is 47.8 Å². The van der Waals surface area contributed by atoms with Crippen LogP contribution in [0.15, 0.2) is 59.9 Å². The first-order valence-corrected chi connectivity index (χ1v) is 15.2. The third-order valence-electron chi connectivity index (χ3n) is 9.04. The van der Waals surface area contributed by atoms with E-state index in [1.165, 1.54) is 4.90 Å². The molecule has 3 aliphatic heterocycles. The molecule has 0 spiro atoms. The minimum absolute atomic E-state index is 0.0410. The second-order valence-electron chi connectivity index (χ2n) is 11.9. The van der Waals surface area contributed by atoms with Gasteiger partial charge in [-0.2, -0.15) is 5.10 Å². The summed E-state index contributed by atoms with van der Waals surface area (Å²) in [6.07, 6.45) is 6.03. The lowest BCUT2D eigenvalue weighted by molar-refractivity contribution is -0.136. The summed E-state index contributed by atoms with van der Waals surface area (Å²) in [6, 6.07) is 10.7. The molecule has 1 atom stereocenters. The number of para-hydroxylation sites is 1. The van der Waals surface area contributed by atoms with Gasteiger partial charge in [0.05, 0.1) is 24.2 Å². The molecule has 2 saturated heterocycles. The summed E-state index contributed by atoms with van der Waals surface area (Å²) in [5.74, 6) is -1.08. The number of hydrogen-bond acceptors (Lipinski definition) is 8. The van der Waals surface area contributed by atoms with Crippen LogP contribution < -0.4 is 10.6 Å². The first-order chi connectivity index (χ1) is 21.8. The molecule has 45 heavy (non-hydrogen) atoms. The molecule has 2 N–H and O–H groups in total. The van der Waals surface area contributed by atoms with Crippen LogP contribution in [0.4, 0.5) is 5.69 Å². The highest BCUT2D eigenvalue weighted by Crippen LogP contribution is 2.39. The number of carbonyl (C=O) groups is 4. The number of aryl methyl sites for hydroxylation is 1. The van der Waals surface area contributed by atoms with Crippen LogP contribution in [0.3, 0.4) is 0 Å². The Morgan fingerprint density at radius 2 is 1.91 bits per heavy atom. The molecule has 4 amide bonds. The van der Waals surface area contributed by atoms with Crippen molar-refractivity contribution in [2.75, 3.05) is 18.4 Å². The van der Waals surface area contributed by atoms with Crippen LogP contribution in [0.2, 0.25) is 0 Å². The van der Waals surface area contributed by atoms with E-state index in [9.17, 15) is 19.2 Å². The summed E-state index contributed by atoms with van der Waals surface area (Å²) in [6.45, 7) is 7.77. The number of benzene rings is 2. The van der Waals surface area contributed by atoms with Gasteiger partial charge in [-0.25, -0.2) is 0 Å². The maximum Gasteiger partial charge on any atom is 0.261 e. The lowest BCUT2D eigenvalue weighted by Gasteiger charge is -2.32. The lowest BCUT2D eigenvalue weighted by Crippen LogP contribution is -2.52. The molecule has 4 aromatic rings. The molecule has 3 aliphatic rings. The number of anilines is 1. The van der Waals surface area contributed by atoms with E-state index in [1.54, 1.807) is 0 Å². The summed E-state index contributed by atoms with van der Waals surface area (Å²) in [5.41, 5.74) is 5.57. The summed E-state index contributed by atoms with van der Waals surface area (Å²) < 4.78 is 7.44. The predicted molar refractivity (Wildman–Crippen MR) is 165 cm³/mol.